The summed E-state index contributed by atoms with van der Waals surface area (Å²) in [6, 6.07) is 5.41. The van der Waals surface area contributed by atoms with Crippen LogP contribution in [0.3, 0.4) is 0 Å². The van der Waals surface area contributed by atoms with Crippen LogP contribution in [-0.4, -0.2) is 16.2 Å². The highest BCUT2D eigenvalue weighted by Crippen LogP contribution is 2.32. The minimum absolute atomic E-state index is 0.196. The van der Waals surface area contributed by atoms with Crippen LogP contribution in [-0.2, 0) is 6.18 Å². The van der Waals surface area contributed by atoms with E-state index in [0.717, 1.165) is 30.3 Å². The van der Waals surface area contributed by atoms with E-state index < -0.39 is 34.7 Å². The predicted molar refractivity (Wildman–Crippen MR) is 72.4 cm³/mol. The van der Waals surface area contributed by atoms with Gasteiger partial charge < -0.3 is 10.2 Å². The van der Waals surface area contributed by atoms with E-state index >= 15 is 0 Å². The first kappa shape index (κ1) is 16.4. The molecule has 118 valence electrons. The molecule has 3 nitrogen and oxygen atoms in total. The molecule has 0 aliphatic heterocycles. The number of carbonyl (C=O) groups is 1. The fourth-order valence-electron chi connectivity index (χ4n) is 1.76. The maximum atomic E-state index is 13.5. The number of aromatic carboxylic acids is 1. The molecule has 0 aliphatic rings. The maximum Gasteiger partial charge on any atom is 0.417 e. The Morgan fingerprint density at radius 2 is 1.61 bits per heavy atom. The first-order valence-corrected chi connectivity index (χ1v) is 6.13. The van der Waals surface area contributed by atoms with Crippen LogP contribution in [0, 0.1) is 17.7 Å². The number of rotatable bonds is 1. The van der Waals surface area contributed by atoms with Crippen molar-refractivity contribution in [1.82, 2.24) is 0 Å². The minimum Gasteiger partial charge on any atom is -0.508 e. The number of hydrogen-bond acceptors (Lipinski definition) is 2. The lowest BCUT2D eigenvalue weighted by Gasteiger charge is -2.10. The molecule has 0 bridgehead atoms. The number of aromatic hydroxyl groups is 1. The van der Waals surface area contributed by atoms with Crippen LogP contribution in [0.2, 0.25) is 0 Å². The van der Waals surface area contributed by atoms with E-state index in [9.17, 15) is 22.4 Å². The lowest BCUT2D eigenvalue weighted by Crippen LogP contribution is -2.10. The second-order valence-electron chi connectivity index (χ2n) is 4.48. The highest BCUT2D eigenvalue weighted by molar-refractivity contribution is 5.88. The summed E-state index contributed by atoms with van der Waals surface area (Å²) in [6.45, 7) is 0. The molecule has 2 N–H and O–H groups in total. The molecule has 2 rings (SSSR count). The molecule has 0 aliphatic carbocycles. The van der Waals surface area contributed by atoms with Crippen molar-refractivity contribution in [3.8, 4) is 17.6 Å². The van der Waals surface area contributed by atoms with Crippen molar-refractivity contribution in [3.05, 3.63) is 64.5 Å². The van der Waals surface area contributed by atoms with Gasteiger partial charge in [-0.2, -0.15) is 13.2 Å². The lowest BCUT2D eigenvalue weighted by atomic mass is 10.0. The van der Waals surface area contributed by atoms with Gasteiger partial charge in [0.05, 0.1) is 16.7 Å². The highest BCUT2D eigenvalue weighted by Gasteiger charge is 2.33. The number of carboxylic acids is 1. The van der Waals surface area contributed by atoms with E-state index in [1.54, 1.807) is 0 Å². The van der Waals surface area contributed by atoms with Crippen molar-refractivity contribution in [3.63, 3.8) is 0 Å². The molecule has 0 fully saturated rings. The largest absolute Gasteiger partial charge is 0.508 e. The number of carboxylic acid groups (broad SMARTS) is 1. The Hall–Kier alpha value is -3.01. The van der Waals surface area contributed by atoms with Crippen LogP contribution in [0.4, 0.5) is 17.6 Å². The zero-order chi connectivity index (χ0) is 17.2. The van der Waals surface area contributed by atoms with Gasteiger partial charge in [-0.3, -0.25) is 0 Å². The number of benzene rings is 2. The quantitative estimate of drug-likeness (QED) is 0.622. The summed E-state index contributed by atoms with van der Waals surface area (Å²) in [5.74, 6) is 1.69. The molecule has 2 aromatic rings. The van der Waals surface area contributed by atoms with E-state index in [1.807, 2.05) is 0 Å². The molecule has 23 heavy (non-hydrogen) atoms. The van der Waals surface area contributed by atoms with Crippen LogP contribution in [0.1, 0.15) is 27.0 Å². The third kappa shape index (κ3) is 3.80. The van der Waals surface area contributed by atoms with Gasteiger partial charge in [0.15, 0.2) is 0 Å². The van der Waals surface area contributed by atoms with Crippen LogP contribution in [0.5, 0.6) is 5.75 Å². The van der Waals surface area contributed by atoms with E-state index in [0.29, 0.717) is 6.07 Å². The molecule has 0 radical (unpaired) electrons. The van der Waals surface area contributed by atoms with Gasteiger partial charge in [-0.1, -0.05) is 11.8 Å². The molecule has 0 amide bonds. The Balaban J connectivity index is 2.52. The van der Waals surface area contributed by atoms with Gasteiger partial charge >= 0.3 is 12.1 Å². The first-order valence-electron chi connectivity index (χ1n) is 6.13. The topological polar surface area (TPSA) is 57.5 Å². The van der Waals surface area contributed by atoms with E-state index in [-0.39, 0.29) is 11.3 Å². The Labute approximate surface area is 127 Å². The van der Waals surface area contributed by atoms with Gasteiger partial charge in [0.2, 0.25) is 0 Å². The summed E-state index contributed by atoms with van der Waals surface area (Å²) in [4.78, 5) is 10.8. The zero-order valence-electron chi connectivity index (χ0n) is 11.3. The third-order valence-electron chi connectivity index (χ3n) is 2.86. The molecule has 0 heterocycles. The van der Waals surface area contributed by atoms with Crippen molar-refractivity contribution in [2.75, 3.05) is 0 Å². The van der Waals surface area contributed by atoms with Gasteiger partial charge in [0.25, 0.3) is 0 Å². The number of alkyl halides is 3. The molecule has 0 aromatic heterocycles. The van der Waals surface area contributed by atoms with Gasteiger partial charge in [-0.05, 0) is 30.3 Å². The lowest BCUT2D eigenvalue weighted by molar-refractivity contribution is -0.137. The number of halogens is 4. The molecule has 7 heteroatoms. The summed E-state index contributed by atoms with van der Waals surface area (Å²) < 4.78 is 52.4. The second-order valence-corrected chi connectivity index (χ2v) is 4.48. The average molecular weight is 324 g/mol. The van der Waals surface area contributed by atoms with Gasteiger partial charge in [0.1, 0.15) is 11.6 Å². The summed E-state index contributed by atoms with van der Waals surface area (Å²) in [5, 5.41) is 17.8. The van der Waals surface area contributed by atoms with E-state index in [1.165, 1.54) is 0 Å². The molecule has 0 saturated heterocycles. The summed E-state index contributed by atoms with van der Waals surface area (Å²) in [5.41, 5.74) is -2.42. The number of phenols is 1. The molecule has 0 saturated carbocycles. The van der Waals surface area contributed by atoms with Crippen molar-refractivity contribution in [2.24, 2.45) is 0 Å². The van der Waals surface area contributed by atoms with Gasteiger partial charge in [-0.15, -0.1) is 0 Å². The Morgan fingerprint density at radius 1 is 1.00 bits per heavy atom. The molecular formula is C16H8F4O3. The molecule has 0 atom stereocenters. The molecule has 0 unspecified atom stereocenters. The Morgan fingerprint density at radius 3 is 2.17 bits per heavy atom. The monoisotopic (exact) mass is 324 g/mol. The van der Waals surface area contributed by atoms with Crippen LogP contribution < -0.4 is 0 Å². The Bertz CT molecular complexity index is 829. The van der Waals surface area contributed by atoms with Crippen molar-refractivity contribution in [1.29, 1.82) is 0 Å². The Kier molecular flexibility index (Phi) is 4.27. The third-order valence-corrected chi connectivity index (χ3v) is 2.86. The molecule has 0 spiro atoms. The van der Waals surface area contributed by atoms with E-state index in [4.69, 9.17) is 10.2 Å². The molecular weight excluding hydrogens is 316 g/mol. The van der Waals surface area contributed by atoms with Crippen LogP contribution >= 0.6 is 0 Å². The summed E-state index contributed by atoms with van der Waals surface area (Å²) in [7, 11) is 0. The van der Waals surface area contributed by atoms with E-state index in [2.05, 4.69) is 11.8 Å². The summed E-state index contributed by atoms with van der Waals surface area (Å²) in [6.07, 6.45) is -4.80. The zero-order valence-corrected chi connectivity index (χ0v) is 11.3. The van der Waals surface area contributed by atoms with Crippen LogP contribution in [0.15, 0.2) is 36.4 Å². The predicted octanol–water partition coefficient (Wildman–Crippen LogP) is 3.65. The number of phenolic OH excluding ortho intramolecular Hbond substituents is 1. The fraction of sp³-hybridized carbons (Fsp3) is 0.0625. The smallest absolute Gasteiger partial charge is 0.417 e. The maximum absolute atomic E-state index is 13.5. The SMILES string of the molecule is O=C(O)c1ccc(C#Cc2ccc(O)cc2F)c(C(F)(F)F)c1. The number of hydrogen-bond donors (Lipinski definition) is 2. The van der Waals surface area contributed by atoms with Crippen LogP contribution in [0.25, 0.3) is 0 Å². The average Bonchev–Trinajstić information content (AvgIpc) is 2.45. The first-order chi connectivity index (χ1) is 10.7. The minimum atomic E-state index is -4.80. The van der Waals surface area contributed by atoms with Crippen molar-refractivity contribution in [2.45, 2.75) is 6.18 Å². The van der Waals surface area contributed by atoms with Crippen molar-refractivity contribution >= 4 is 5.97 Å². The van der Waals surface area contributed by atoms with Gasteiger partial charge in [0, 0.05) is 11.6 Å². The second kappa shape index (κ2) is 6.01. The van der Waals surface area contributed by atoms with Gasteiger partial charge in [-0.25, -0.2) is 9.18 Å². The fourth-order valence-corrected chi connectivity index (χ4v) is 1.76. The van der Waals surface area contributed by atoms with Crippen molar-refractivity contribution < 1.29 is 32.6 Å². The standard InChI is InChI=1S/C16H8F4O3/c17-14-8-12(21)6-5-10(14)3-1-9-2-4-11(15(22)23)7-13(9)16(18,19)20/h2,4-8,21H,(H,22,23). The normalized spacial score (nSPS) is 10.8. The highest BCUT2D eigenvalue weighted by atomic mass is 19.4. The molecule has 2 aromatic carbocycles. The summed E-state index contributed by atoms with van der Waals surface area (Å²) >= 11 is 0.